The van der Waals surface area contributed by atoms with E-state index in [0.29, 0.717) is 13.0 Å². The zero-order chi connectivity index (χ0) is 17.9. The smallest absolute Gasteiger partial charge is 0.327 e. The van der Waals surface area contributed by atoms with Gasteiger partial charge in [0.2, 0.25) is 0 Å². The molecule has 1 rings (SSSR count). The fraction of sp³-hybridized carbons (Fsp3) is 0.722. The zero-order valence-corrected chi connectivity index (χ0v) is 18.0. The lowest BCUT2D eigenvalue weighted by molar-refractivity contribution is -0.156. The maximum Gasteiger partial charge on any atom is 0.327 e. The predicted octanol–water partition coefficient (Wildman–Crippen LogP) is 4.38. The topological polar surface area (TPSA) is 35.5 Å². The van der Waals surface area contributed by atoms with Crippen LogP contribution < -0.4 is 0 Å². The third-order valence-electron chi connectivity index (χ3n) is 3.62. The Morgan fingerprint density at radius 2 is 1.91 bits per heavy atom. The van der Waals surface area contributed by atoms with Gasteiger partial charge < -0.3 is 9.16 Å². The molecule has 0 fully saturated rings. The van der Waals surface area contributed by atoms with E-state index >= 15 is 0 Å². The van der Waals surface area contributed by atoms with Crippen LogP contribution in [0.3, 0.4) is 0 Å². The van der Waals surface area contributed by atoms with Gasteiger partial charge in [-0.15, -0.1) is 5.54 Å². The molecular weight excluding hydrogens is 320 g/mol. The van der Waals surface area contributed by atoms with Gasteiger partial charge in [-0.25, -0.2) is 0 Å². The minimum Gasteiger partial charge on any atom is -0.465 e. The molecule has 0 aliphatic heterocycles. The SMILES string of the molecule is CCOC(=O)[C@]1(C#C[Si](C)(C)C)CCC(C)=C[C@H]1O[Si](C)(C)C. The first-order valence-electron chi connectivity index (χ1n) is 8.46. The van der Waals surface area contributed by atoms with E-state index in [9.17, 15) is 4.79 Å². The number of hydrogen-bond acceptors (Lipinski definition) is 3. The number of carbonyl (C=O) groups is 1. The van der Waals surface area contributed by atoms with Crippen molar-refractivity contribution >= 4 is 22.4 Å². The third-order valence-corrected chi connectivity index (χ3v) is 5.45. The van der Waals surface area contributed by atoms with Crippen LogP contribution in [0.2, 0.25) is 39.3 Å². The van der Waals surface area contributed by atoms with E-state index in [-0.39, 0.29) is 12.1 Å². The number of carbonyl (C=O) groups excluding carboxylic acids is 1. The molecule has 0 bridgehead atoms. The Bertz CT molecular complexity index is 529. The first-order valence-corrected chi connectivity index (χ1v) is 15.4. The lowest BCUT2D eigenvalue weighted by Crippen LogP contribution is -2.49. The summed E-state index contributed by atoms with van der Waals surface area (Å²) in [6, 6.07) is 0. The summed E-state index contributed by atoms with van der Waals surface area (Å²) in [5, 5.41) is 0. The monoisotopic (exact) mass is 352 g/mol. The molecule has 0 aromatic rings. The van der Waals surface area contributed by atoms with Crippen molar-refractivity contribution in [2.75, 3.05) is 6.61 Å². The quantitative estimate of drug-likeness (QED) is 0.326. The minimum atomic E-state index is -1.82. The van der Waals surface area contributed by atoms with E-state index in [4.69, 9.17) is 9.16 Å². The fourth-order valence-corrected chi connectivity index (χ4v) is 4.13. The van der Waals surface area contributed by atoms with Gasteiger partial charge in [0.15, 0.2) is 13.7 Å². The summed E-state index contributed by atoms with van der Waals surface area (Å²) in [7, 11) is -3.41. The standard InChI is InChI=1S/C18H32O3Si2/c1-9-20-17(19)18(12-13-22(3,4)5)11-10-15(2)14-16(18)21-23(6,7)8/h14,16H,9-11H2,1-8H3/t16-,18+/m1/s1. The molecule has 5 heteroatoms. The van der Waals surface area contributed by atoms with Crippen LogP contribution in [0, 0.1) is 16.9 Å². The first-order chi connectivity index (χ1) is 10.4. The molecule has 0 unspecified atom stereocenters. The summed E-state index contributed by atoms with van der Waals surface area (Å²) < 4.78 is 11.8. The van der Waals surface area contributed by atoms with Gasteiger partial charge in [-0.3, -0.25) is 4.79 Å². The van der Waals surface area contributed by atoms with Gasteiger partial charge in [0.25, 0.3) is 0 Å². The molecule has 2 atom stereocenters. The molecule has 3 nitrogen and oxygen atoms in total. The second-order valence-electron chi connectivity index (χ2n) is 8.36. The molecule has 1 aliphatic carbocycles. The molecule has 0 saturated heterocycles. The lowest BCUT2D eigenvalue weighted by Gasteiger charge is -2.39. The molecule has 0 aromatic carbocycles. The van der Waals surface area contributed by atoms with E-state index < -0.39 is 21.8 Å². The van der Waals surface area contributed by atoms with Crippen LogP contribution in [-0.4, -0.2) is 35.1 Å². The van der Waals surface area contributed by atoms with Gasteiger partial charge in [0.05, 0.1) is 12.7 Å². The Morgan fingerprint density at radius 1 is 1.30 bits per heavy atom. The van der Waals surface area contributed by atoms with Crippen molar-refractivity contribution in [3.05, 3.63) is 11.6 Å². The fourth-order valence-electron chi connectivity index (χ4n) is 2.50. The lowest BCUT2D eigenvalue weighted by atomic mass is 9.73. The Balaban J connectivity index is 3.38. The predicted molar refractivity (Wildman–Crippen MR) is 101 cm³/mol. The van der Waals surface area contributed by atoms with Gasteiger partial charge in [-0.05, 0) is 46.3 Å². The summed E-state index contributed by atoms with van der Waals surface area (Å²) in [5.41, 5.74) is 3.81. The summed E-state index contributed by atoms with van der Waals surface area (Å²) in [4.78, 5) is 12.8. The largest absolute Gasteiger partial charge is 0.465 e. The van der Waals surface area contributed by atoms with E-state index in [1.54, 1.807) is 0 Å². The van der Waals surface area contributed by atoms with Crippen molar-refractivity contribution in [1.82, 2.24) is 0 Å². The maximum absolute atomic E-state index is 12.8. The van der Waals surface area contributed by atoms with Crippen LogP contribution in [0.4, 0.5) is 0 Å². The molecule has 0 amide bonds. The third kappa shape index (κ3) is 5.94. The number of rotatable bonds is 4. The molecule has 130 valence electrons. The van der Waals surface area contributed by atoms with Crippen molar-refractivity contribution < 1.29 is 14.0 Å². The Hall–Kier alpha value is -0.836. The highest BCUT2D eigenvalue weighted by Gasteiger charge is 2.48. The second-order valence-corrected chi connectivity index (χ2v) is 17.6. The molecule has 1 aliphatic rings. The van der Waals surface area contributed by atoms with Crippen molar-refractivity contribution in [3.63, 3.8) is 0 Å². The second kappa shape index (κ2) is 7.37. The van der Waals surface area contributed by atoms with Crippen LogP contribution in [0.25, 0.3) is 0 Å². The molecule has 0 heterocycles. The summed E-state index contributed by atoms with van der Waals surface area (Å²) >= 11 is 0. The first kappa shape index (κ1) is 20.2. The van der Waals surface area contributed by atoms with E-state index in [0.717, 1.165) is 6.42 Å². The van der Waals surface area contributed by atoms with Crippen LogP contribution in [-0.2, 0) is 14.0 Å². The van der Waals surface area contributed by atoms with E-state index in [1.807, 2.05) is 6.92 Å². The van der Waals surface area contributed by atoms with Gasteiger partial charge in [-0.2, -0.15) is 0 Å². The highest BCUT2D eigenvalue weighted by molar-refractivity contribution is 6.83. The molecular formula is C18H32O3Si2. The summed E-state index contributed by atoms with van der Waals surface area (Å²) in [5.74, 6) is 3.12. The number of esters is 1. The van der Waals surface area contributed by atoms with Crippen molar-refractivity contribution in [2.24, 2.45) is 5.41 Å². The van der Waals surface area contributed by atoms with Crippen molar-refractivity contribution in [2.45, 2.75) is 72.1 Å². The average molecular weight is 353 g/mol. The Morgan fingerprint density at radius 3 is 2.39 bits per heavy atom. The normalized spacial score (nSPS) is 25.2. The molecule has 0 radical (unpaired) electrons. The average Bonchev–Trinajstić information content (AvgIpc) is 2.35. The molecule has 0 N–H and O–H groups in total. The van der Waals surface area contributed by atoms with Crippen LogP contribution in [0.5, 0.6) is 0 Å². The molecule has 23 heavy (non-hydrogen) atoms. The number of hydrogen-bond donors (Lipinski definition) is 0. The highest BCUT2D eigenvalue weighted by atomic mass is 28.4. The zero-order valence-electron chi connectivity index (χ0n) is 16.0. The summed E-state index contributed by atoms with van der Waals surface area (Å²) in [6.07, 6.45) is 3.34. The van der Waals surface area contributed by atoms with E-state index in [1.165, 1.54) is 5.57 Å². The maximum atomic E-state index is 12.8. The minimum absolute atomic E-state index is 0.224. The molecule has 0 saturated carbocycles. The number of ether oxygens (including phenoxy) is 1. The van der Waals surface area contributed by atoms with Crippen LogP contribution >= 0.6 is 0 Å². The Labute approximate surface area is 144 Å². The van der Waals surface area contributed by atoms with Crippen molar-refractivity contribution in [3.8, 4) is 11.5 Å². The summed E-state index contributed by atoms with van der Waals surface area (Å²) in [6.45, 7) is 17.3. The highest BCUT2D eigenvalue weighted by Crippen LogP contribution is 2.39. The van der Waals surface area contributed by atoms with Crippen LogP contribution in [0.15, 0.2) is 11.6 Å². The van der Waals surface area contributed by atoms with E-state index in [2.05, 4.69) is 63.7 Å². The van der Waals surface area contributed by atoms with Crippen LogP contribution in [0.1, 0.15) is 26.7 Å². The number of allylic oxidation sites excluding steroid dienone is 1. The Kier molecular flexibility index (Phi) is 6.48. The van der Waals surface area contributed by atoms with Gasteiger partial charge >= 0.3 is 5.97 Å². The van der Waals surface area contributed by atoms with Gasteiger partial charge in [0, 0.05) is 0 Å². The molecule has 0 spiro atoms. The van der Waals surface area contributed by atoms with Gasteiger partial charge in [-0.1, -0.05) is 37.2 Å². The molecule has 0 aromatic heterocycles. The van der Waals surface area contributed by atoms with Crippen molar-refractivity contribution in [1.29, 1.82) is 0 Å². The van der Waals surface area contributed by atoms with Gasteiger partial charge in [0.1, 0.15) is 8.07 Å².